The van der Waals surface area contributed by atoms with E-state index < -0.39 is 0 Å². The van der Waals surface area contributed by atoms with Crippen molar-refractivity contribution in [1.82, 2.24) is 0 Å². The molecule has 0 radical (unpaired) electrons. The summed E-state index contributed by atoms with van der Waals surface area (Å²) < 4.78 is 0. The van der Waals surface area contributed by atoms with Gasteiger partial charge in [0.1, 0.15) is 5.75 Å². The first-order valence-electron chi connectivity index (χ1n) is 4.07. The van der Waals surface area contributed by atoms with Crippen LogP contribution in [0, 0.1) is 6.92 Å². The Morgan fingerprint density at radius 1 is 1.42 bits per heavy atom. The molecule has 60 valence electrons. The third-order valence-electron chi connectivity index (χ3n) is 2.29. The van der Waals surface area contributed by atoms with Gasteiger partial charge >= 0.3 is 29.6 Å². The van der Waals surface area contributed by atoms with E-state index in [1.165, 1.54) is 12.8 Å². The number of aromatic hydroxyl groups is 1. The Kier molecular flexibility index (Phi) is 3.22. The minimum Gasteiger partial charge on any atom is -1.00 e. The number of hydrogen-bond acceptors (Lipinski definition) is 1. The monoisotopic (exact) mass is 172 g/mol. The second kappa shape index (κ2) is 3.82. The number of phenolic OH excluding ortho intramolecular Hbond substituents is 1. The molecule has 0 spiro atoms. The van der Waals surface area contributed by atoms with Crippen molar-refractivity contribution in [3.63, 3.8) is 0 Å². The van der Waals surface area contributed by atoms with Crippen LogP contribution in [0.15, 0.2) is 18.2 Å². The number of phenols is 1. The van der Waals surface area contributed by atoms with Crippen molar-refractivity contribution in [2.45, 2.75) is 25.7 Å². The van der Waals surface area contributed by atoms with Crippen LogP contribution in [0.1, 0.15) is 31.3 Å². The zero-order chi connectivity index (χ0) is 7.84. The molecule has 0 aromatic heterocycles. The van der Waals surface area contributed by atoms with Crippen molar-refractivity contribution in [3.05, 3.63) is 29.3 Å². The summed E-state index contributed by atoms with van der Waals surface area (Å²) >= 11 is 0. The van der Waals surface area contributed by atoms with E-state index in [1.54, 1.807) is 0 Å². The predicted molar refractivity (Wildman–Crippen MR) is 45.9 cm³/mol. The van der Waals surface area contributed by atoms with Gasteiger partial charge in [-0.2, -0.15) is 0 Å². The van der Waals surface area contributed by atoms with Crippen LogP contribution in [-0.4, -0.2) is 5.11 Å². The van der Waals surface area contributed by atoms with Gasteiger partial charge in [0, 0.05) is 0 Å². The molecule has 1 aliphatic rings. The standard InChI is InChI=1S/C10H12O.Na.H/c1-7-3-2-4-9(10(7)11)8-5-6-8;;/h2-4,8,11H,5-6H2,1H3;;/q;+1;-1. The molecule has 0 atom stereocenters. The molecular weight excluding hydrogens is 159 g/mol. The maximum absolute atomic E-state index is 9.61. The average molecular weight is 172 g/mol. The Morgan fingerprint density at radius 3 is 2.67 bits per heavy atom. The summed E-state index contributed by atoms with van der Waals surface area (Å²) in [5.41, 5.74) is 2.14. The van der Waals surface area contributed by atoms with Crippen LogP contribution in [0.4, 0.5) is 0 Å². The van der Waals surface area contributed by atoms with E-state index in [0.717, 1.165) is 11.1 Å². The summed E-state index contributed by atoms with van der Waals surface area (Å²) in [7, 11) is 0. The van der Waals surface area contributed by atoms with Crippen molar-refractivity contribution < 1.29 is 36.1 Å². The van der Waals surface area contributed by atoms with E-state index in [0.29, 0.717) is 11.7 Å². The average Bonchev–Trinajstić information content (AvgIpc) is 2.77. The number of rotatable bonds is 1. The third-order valence-corrected chi connectivity index (χ3v) is 2.29. The first kappa shape index (κ1) is 10.1. The zero-order valence-electron chi connectivity index (χ0n) is 8.67. The number of benzene rings is 1. The topological polar surface area (TPSA) is 20.2 Å². The van der Waals surface area contributed by atoms with Crippen LogP contribution < -0.4 is 29.6 Å². The summed E-state index contributed by atoms with van der Waals surface area (Å²) in [6.07, 6.45) is 2.49. The van der Waals surface area contributed by atoms with E-state index in [-0.39, 0.29) is 31.0 Å². The van der Waals surface area contributed by atoms with Crippen molar-refractivity contribution >= 4 is 0 Å². The molecule has 0 amide bonds. The van der Waals surface area contributed by atoms with Gasteiger partial charge in [-0.05, 0) is 36.8 Å². The third kappa shape index (κ3) is 1.85. The van der Waals surface area contributed by atoms with Gasteiger partial charge in [0.05, 0.1) is 0 Å². The molecule has 1 N–H and O–H groups in total. The Balaban J connectivity index is 0.000000720. The molecule has 2 heteroatoms. The summed E-state index contributed by atoms with van der Waals surface area (Å²) in [5.74, 6) is 1.16. The van der Waals surface area contributed by atoms with Gasteiger partial charge < -0.3 is 6.53 Å². The van der Waals surface area contributed by atoms with Crippen LogP contribution >= 0.6 is 0 Å². The number of aryl methyl sites for hydroxylation is 1. The van der Waals surface area contributed by atoms with Crippen molar-refractivity contribution in [2.24, 2.45) is 0 Å². The molecule has 1 aromatic rings. The minimum atomic E-state index is 0. The largest absolute Gasteiger partial charge is 1.00 e. The molecule has 0 saturated heterocycles. The molecule has 0 aliphatic heterocycles. The molecule has 1 saturated carbocycles. The van der Waals surface area contributed by atoms with Crippen molar-refractivity contribution in [1.29, 1.82) is 0 Å². The first-order chi connectivity index (χ1) is 5.29. The maximum Gasteiger partial charge on any atom is 1.00 e. The van der Waals surface area contributed by atoms with Crippen LogP contribution in [-0.2, 0) is 0 Å². The summed E-state index contributed by atoms with van der Waals surface area (Å²) in [6, 6.07) is 5.99. The Labute approximate surface area is 96.6 Å². The van der Waals surface area contributed by atoms with E-state index in [4.69, 9.17) is 0 Å². The first-order valence-corrected chi connectivity index (χ1v) is 4.07. The maximum atomic E-state index is 9.61. The van der Waals surface area contributed by atoms with Gasteiger partial charge in [0.15, 0.2) is 0 Å². The fourth-order valence-electron chi connectivity index (χ4n) is 1.41. The molecule has 1 nitrogen and oxygen atoms in total. The van der Waals surface area contributed by atoms with Gasteiger partial charge in [-0.1, -0.05) is 18.2 Å². The SMILES string of the molecule is Cc1cccc(C2CC2)c1O.[H-].[Na+]. The van der Waals surface area contributed by atoms with Crippen LogP contribution in [0.25, 0.3) is 0 Å². The van der Waals surface area contributed by atoms with E-state index in [9.17, 15) is 5.11 Å². The number of hydrogen-bond donors (Lipinski definition) is 1. The van der Waals surface area contributed by atoms with Crippen LogP contribution in [0.3, 0.4) is 0 Å². The number of para-hydroxylation sites is 1. The molecule has 0 unspecified atom stereocenters. The van der Waals surface area contributed by atoms with Crippen molar-refractivity contribution in [2.75, 3.05) is 0 Å². The molecule has 0 bridgehead atoms. The second-order valence-electron chi connectivity index (χ2n) is 3.29. The fourth-order valence-corrected chi connectivity index (χ4v) is 1.41. The zero-order valence-corrected chi connectivity index (χ0v) is 9.67. The Morgan fingerprint density at radius 2 is 2.08 bits per heavy atom. The van der Waals surface area contributed by atoms with E-state index >= 15 is 0 Å². The van der Waals surface area contributed by atoms with Gasteiger partial charge in [0.2, 0.25) is 0 Å². The fraction of sp³-hybridized carbons (Fsp3) is 0.400. The summed E-state index contributed by atoms with van der Waals surface area (Å²) in [4.78, 5) is 0. The van der Waals surface area contributed by atoms with Gasteiger partial charge in [-0.3, -0.25) is 0 Å². The molecular formula is C10H13NaO. The minimum absolute atomic E-state index is 0. The van der Waals surface area contributed by atoms with Crippen LogP contribution in [0.5, 0.6) is 5.75 Å². The normalized spacial score (nSPS) is 15.4. The van der Waals surface area contributed by atoms with Gasteiger partial charge in [-0.25, -0.2) is 0 Å². The van der Waals surface area contributed by atoms with E-state index in [2.05, 4.69) is 0 Å². The van der Waals surface area contributed by atoms with Crippen molar-refractivity contribution in [3.8, 4) is 5.75 Å². The Bertz CT molecular complexity index is 284. The predicted octanol–water partition coefficient (Wildman–Crippen LogP) is -0.305. The Hall–Kier alpha value is 0.0200. The molecule has 2 rings (SSSR count). The molecule has 1 fully saturated rings. The second-order valence-corrected chi connectivity index (χ2v) is 3.29. The molecule has 0 heterocycles. The van der Waals surface area contributed by atoms with Gasteiger partial charge in [-0.15, -0.1) is 0 Å². The molecule has 12 heavy (non-hydrogen) atoms. The summed E-state index contributed by atoms with van der Waals surface area (Å²) in [5, 5.41) is 9.61. The summed E-state index contributed by atoms with van der Waals surface area (Å²) in [6.45, 7) is 1.95. The quantitative estimate of drug-likeness (QED) is 0.576. The van der Waals surface area contributed by atoms with E-state index in [1.807, 2.05) is 25.1 Å². The molecule has 1 aliphatic carbocycles. The van der Waals surface area contributed by atoms with Crippen LogP contribution in [0.2, 0.25) is 0 Å². The smallest absolute Gasteiger partial charge is 1.00 e. The van der Waals surface area contributed by atoms with Gasteiger partial charge in [0.25, 0.3) is 0 Å². The molecule has 1 aromatic carbocycles.